The first-order valence-corrected chi connectivity index (χ1v) is 8.05. The third-order valence-corrected chi connectivity index (χ3v) is 5.08. The quantitative estimate of drug-likeness (QED) is 0.782. The fraction of sp³-hybridized carbons (Fsp3) is 0.579. The van der Waals surface area contributed by atoms with E-state index in [1.54, 1.807) is 0 Å². The zero-order valence-corrected chi connectivity index (χ0v) is 13.9. The van der Waals surface area contributed by atoms with Crippen LogP contribution in [-0.4, -0.2) is 11.6 Å². The third-order valence-electron chi connectivity index (χ3n) is 5.08. The third kappa shape index (κ3) is 2.81. The van der Waals surface area contributed by atoms with E-state index in [-0.39, 0.29) is 23.9 Å². The van der Waals surface area contributed by atoms with Crippen LogP contribution in [0.1, 0.15) is 72.4 Å². The van der Waals surface area contributed by atoms with Crippen molar-refractivity contribution >= 4 is 11.6 Å². The molecule has 2 nitrogen and oxygen atoms in total. The number of hydrogen-bond acceptors (Lipinski definition) is 2. The molecule has 0 amide bonds. The number of ketones is 2. The Morgan fingerprint density at radius 3 is 1.62 bits per heavy atom. The van der Waals surface area contributed by atoms with Crippen LogP contribution in [0.25, 0.3) is 0 Å². The summed E-state index contributed by atoms with van der Waals surface area (Å²) in [7, 11) is 0. The summed E-state index contributed by atoms with van der Waals surface area (Å²) in [4.78, 5) is 23.7. The Morgan fingerprint density at radius 1 is 0.810 bits per heavy atom. The molecule has 0 heterocycles. The smallest absolute Gasteiger partial charge is 0.140 e. The minimum absolute atomic E-state index is 0.0925. The molecule has 0 bridgehead atoms. The summed E-state index contributed by atoms with van der Waals surface area (Å²) < 4.78 is 0. The molecule has 1 aliphatic rings. The Hall–Kier alpha value is -1.44. The number of hydrogen-bond donors (Lipinski definition) is 0. The average Bonchev–Trinajstić information content (AvgIpc) is 2.38. The maximum absolute atomic E-state index is 11.8. The molecule has 0 unspecified atom stereocenters. The van der Waals surface area contributed by atoms with Gasteiger partial charge in [0.1, 0.15) is 11.6 Å². The molecule has 0 saturated heterocycles. The van der Waals surface area contributed by atoms with Gasteiger partial charge >= 0.3 is 0 Å². The molecule has 114 valence electrons. The van der Waals surface area contributed by atoms with Crippen molar-refractivity contribution in [3.05, 3.63) is 33.4 Å². The second-order valence-corrected chi connectivity index (χ2v) is 6.31. The van der Waals surface area contributed by atoms with Crippen molar-refractivity contribution in [1.82, 2.24) is 0 Å². The maximum Gasteiger partial charge on any atom is 0.140 e. The molecule has 1 aliphatic carbocycles. The van der Waals surface area contributed by atoms with Crippen LogP contribution in [0.5, 0.6) is 0 Å². The largest absolute Gasteiger partial charge is 0.299 e. The first-order chi connectivity index (χ1) is 9.90. The van der Waals surface area contributed by atoms with Gasteiger partial charge in [-0.25, -0.2) is 0 Å². The summed E-state index contributed by atoms with van der Waals surface area (Å²) in [6.45, 7) is 10.9. The van der Waals surface area contributed by atoms with E-state index in [9.17, 15) is 9.59 Å². The van der Waals surface area contributed by atoms with Crippen LogP contribution in [0.2, 0.25) is 0 Å². The molecule has 1 aromatic carbocycles. The Bertz CT molecular complexity index is 549. The first-order valence-electron chi connectivity index (χ1n) is 8.05. The van der Waals surface area contributed by atoms with Crippen LogP contribution in [-0.2, 0) is 22.4 Å². The predicted molar refractivity (Wildman–Crippen MR) is 86.0 cm³/mol. The number of rotatable bonds is 3. The van der Waals surface area contributed by atoms with Gasteiger partial charge < -0.3 is 0 Å². The van der Waals surface area contributed by atoms with Gasteiger partial charge in [0, 0.05) is 12.8 Å². The maximum atomic E-state index is 11.8. The van der Waals surface area contributed by atoms with E-state index in [0.717, 1.165) is 12.8 Å². The van der Waals surface area contributed by atoms with E-state index in [4.69, 9.17) is 0 Å². The van der Waals surface area contributed by atoms with Gasteiger partial charge in [-0.3, -0.25) is 9.59 Å². The summed E-state index contributed by atoms with van der Waals surface area (Å²) in [6.07, 6.45) is 3.21. The van der Waals surface area contributed by atoms with Gasteiger partial charge in [0.2, 0.25) is 0 Å². The molecule has 21 heavy (non-hydrogen) atoms. The SMILES string of the molecule is CCc1c(C)c(CC)c(C)c(C2CC(=O)CC(=O)C2)c1C. The lowest BCUT2D eigenvalue weighted by Crippen LogP contribution is -2.23. The summed E-state index contributed by atoms with van der Waals surface area (Å²) >= 11 is 0. The lowest BCUT2D eigenvalue weighted by atomic mass is 9.75. The second-order valence-electron chi connectivity index (χ2n) is 6.31. The van der Waals surface area contributed by atoms with Crippen LogP contribution in [0.3, 0.4) is 0 Å². The fourth-order valence-corrected chi connectivity index (χ4v) is 4.21. The lowest BCUT2D eigenvalue weighted by molar-refractivity contribution is -0.130. The number of benzene rings is 1. The minimum atomic E-state index is 0.0925. The molecule has 1 fully saturated rings. The van der Waals surface area contributed by atoms with Gasteiger partial charge in [-0.05, 0) is 72.9 Å². The Kier molecular flexibility index (Phi) is 4.65. The summed E-state index contributed by atoms with van der Waals surface area (Å²) in [6, 6.07) is 0. The summed E-state index contributed by atoms with van der Waals surface area (Å²) in [5, 5.41) is 0. The van der Waals surface area contributed by atoms with Gasteiger partial charge in [-0.15, -0.1) is 0 Å². The van der Waals surface area contributed by atoms with E-state index in [1.165, 1.54) is 33.4 Å². The summed E-state index contributed by atoms with van der Waals surface area (Å²) in [5.74, 6) is 0.299. The average molecular weight is 286 g/mol. The van der Waals surface area contributed by atoms with Gasteiger partial charge in [-0.1, -0.05) is 13.8 Å². The van der Waals surface area contributed by atoms with Crippen molar-refractivity contribution in [2.24, 2.45) is 0 Å². The molecule has 0 aliphatic heterocycles. The highest BCUT2D eigenvalue weighted by Crippen LogP contribution is 2.38. The minimum Gasteiger partial charge on any atom is -0.299 e. The molecule has 0 spiro atoms. The number of carbonyl (C=O) groups excluding carboxylic acids is 2. The number of carbonyl (C=O) groups is 2. The van der Waals surface area contributed by atoms with E-state index >= 15 is 0 Å². The molecule has 0 atom stereocenters. The molecule has 2 heteroatoms. The monoisotopic (exact) mass is 286 g/mol. The van der Waals surface area contributed by atoms with Crippen molar-refractivity contribution in [2.75, 3.05) is 0 Å². The van der Waals surface area contributed by atoms with Gasteiger partial charge in [-0.2, -0.15) is 0 Å². The van der Waals surface area contributed by atoms with E-state index in [2.05, 4.69) is 34.6 Å². The fourth-order valence-electron chi connectivity index (χ4n) is 4.21. The first kappa shape index (κ1) is 15.9. The van der Waals surface area contributed by atoms with E-state index < -0.39 is 0 Å². The molecule has 1 aromatic rings. The van der Waals surface area contributed by atoms with Crippen LogP contribution >= 0.6 is 0 Å². The topological polar surface area (TPSA) is 34.1 Å². The Morgan fingerprint density at radius 2 is 1.24 bits per heavy atom. The van der Waals surface area contributed by atoms with Crippen LogP contribution in [0, 0.1) is 20.8 Å². The van der Waals surface area contributed by atoms with Crippen molar-refractivity contribution in [3.8, 4) is 0 Å². The molecule has 0 radical (unpaired) electrons. The molecule has 0 N–H and O–H groups in total. The highest BCUT2D eigenvalue weighted by Gasteiger charge is 2.30. The predicted octanol–water partition coefficient (Wildman–Crippen LogP) is 4.14. The zero-order valence-electron chi connectivity index (χ0n) is 13.9. The van der Waals surface area contributed by atoms with Crippen molar-refractivity contribution < 1.29 is 9.59 Å². The van der Waals surface area contributed by atoms with Crippen LogP contribution in [0.4, 0.5) is 0 Å². The Balaban J connectivity index is 2.62. The van der Waals surface area contributed by atoms with E-state index in [0.29, 0.717) is 12.8 Å². The van der Waals surface area contributed by atoms with Crippen molar-refractivity contribution in [3.63, 3.8) is 0 Å². The van der Waals surface area contributed by atoms with Crippen molar-refractivity contribution in [1.29, 1.82) is 0 Å². The molecule has 1 saturated carbocycles. The highest BCUT2D eigenvalue weighted by atomic mass is 16.1. The normalized spacial score (nSPS) is 16.6. The van der Waals surface area contributed by atoms with Crippen LogP contribution < -0.4 is 0 Å². The lowest BCUT2D eigenvalue weighted by Gasteiger charge is -2.28. The van der Waals surface area contributed by atoms with Crippen molar-refractivity contribution in [2.45, 2.75) is 72.6 Å². The molecule has 0 aromatic heterocycles. The van der Waals surface area contributed by atoms with Crippen LogP contribution in [0.15, 0.2) is 0 Å². The van der Waals surface area contributed by atoms with Gasteiger partial charge in [0.25, 0.3) is 0 Å². The van der Waals surface area contributed by atoms with E-state index in [1.807, 2.05) is 0 Å². The summed E-state index contributed by atoms with van der Waals surface area (Å²) in [5.41, 5.74) is 8.08. The second kappa shape index (κ2) is 6.13. The van der Waals surface area contributed by atoms with Gasteiger partial charge in [0.05, 0.1) is 6.42 Å². The standard InChI is InChI=1S/C19H26O2/c1-6-17-11(3)18(7-2)13(5)19(12(17)4)14-8-15(20)10-16(21)9-14/h14H,6-10H2,1-5H3. The Labute approximate surface area is 127 Å². The highest BCUT2D eigenvalue weighted by molar-refractivity contribution is 6.02. The van der Waals surface area contributed by atoms with Gasteiger partial charge in [0.15, 0.2) is 0 Å². The number of Topliss-reactive ketones (excluding diaryl/α,β-unsaturated/α-hetero) is 2. The zero-order chi connectivity index (χ0) is 15.7. The molecular weight excluding hydrogens is 260 g/mol. The molecular formula is C19H26O2. The molecule has 2 rings (SSSR count).